The summed E-state index contributed by atoms with van der Waals surface area (Å²) >= 11 is 5.16. The number of hydrogen-bond donors (Lipinski definition) is 1. The van der Waals surface area contributed by atoms with Gasteiger partial charge in [0.25, 0.3) is 0 Å². The van der Waals surface area contributed by atoms with Gasteiger partial charge in [0.1, 0.15) is 0 Å². The lowest BCUT2D eigenvalue weighted by Crippen LogP contribution is -2.25. The van der Waals surface area contributed by atoms with Crippen LogP contribution in [0.2, 0.25) is 0 Å². The summed E-state index contributed by atoms with van der Waals surface area (Å²) in [4.78, 5) is 16.7. The highest BCUT2D eigenvalue weighted by molar-refractivity contribution is 9.10. The Balaban J connectivity index is 2.48. The topological polar surface area (TPSA) is 53.9 Å². The number of rotatable bonds is 6. The molecule has 0 aliphatic carbocycles. The van der Waals surface area contributed by atoms with E-state index in [-0.39, 0.29) is 0 Å². The molecule has 2 heterocycles. The quantitative estimate of drug-likeness (QED) is 0.856. The molecule has 0 spiro atoms. The molecule has 0 radical (unpaired) electrons. The SMILES string of the molecule is CCNc1nc(-c2sccc2Br)nc(N(CC)CC)n1. The molecule has 0 saturated carbocycles. The minimum atomic E-state index is 0.625. The molecule has 5 nitrogen and oxygen atoms in total. The molecule has 0 bridgehead atoms. The smallest absolute Gasteiger partial charge is 0.230 e. The molecule has 0 amide bonds. The molecule has 0 fully saturated rings. The number of anilines is 2. The Bertz CT molecular complexity index is 568. The fourth-order valence-electron chi connectivity index (χ4n) is 1.80. The number of halogens is 1. The summed E-state index contributed by atoms with van der Waals surface area (Å²) in [6.45, 7) is 8.75. The van der Waals surface area contributed by atoms with Gasteiger partial charge in [-0.1, -0.05) is 0 Å². The summed E-state index contributed by atoms with van der Waals surface area (Å²) in [6.07, 6.45) is 0. The second kappa shape index (κ2) is 6.99. The van der Waals surface area contributed by atoms with E-state index in [1.54, 1.807) is 11.3 Å². The lowest BCUT2D eigenvalue weighted by molar-refractivity contribution is 0.814. The van der Waals surface area contributed by atoms with Crippen LogP contribution in [0.1, 0.15) is 20.8 Å². The lowest BCUT2D eigenvalue weighted by atomic mass is 10.4. The zero-order valence-electron chi connectivity index (χ0n) is 11.9. The zero-order valence-corrected chi connectivity index (χ0v) is 14.3. The Hall–Kier alpha value is -1.21. The molecule has 2 rings (SSSR count). The molecule has 0 aromatic carbocycles. The van der Waals surface area contributed by atoms with Crippen LogP contribution in [0.3, 0.4) is 0 Å². The molecule has 0 aliphatic rings. The minimum absolute atomic E-state index is 0.625. The van der Waals surface area contributed by atoms with Crippen LogP contribution in [-0.2, 0) is 0 Å². The van der Waals surface area contributed by atoms with E-state index in [2.05, 4.69) is 54.9 Å². The van der Waals surface area contributed by atoms with E-state index in [0.717, 1.165) is 34.9 Å². The van der Waals surface area contributed by atoms with Crippen molar-refractivity contribution in [3.05, 3.63) is 15.9 Å². The lowest BCUT2D eigenvalue weighted by Gasteiger charge is -2.19. The highest BCUT2D eigenvalue weighted by Crippen LogP contribution is 2.32. The largest absolute Gasteiger partial charge is 0.354 e. The monoisotopic (exact) mass is 355 g/mol. The standard InChI is InChI=1S/C13H18BrN5S/c1-4-15-12-16-11(10-9(14)7-8-20-10)17-13(18-12)19(5-2)6-3/h7-8H,4-6H2,1-3H3,(H,15,16,17,18). The highest BCUT2D eigenvalue weighted by Gasteiger charge is 2.14. The van der Waals surface area contributed by atoms with Crippen LogP contribution < -0.4 is 10.2 Å². The van der Waals surface area contributed by atoms with Gasteiger partial charge in [0.05, 0.1) is 4.88 Å². The molecule has 1 N–H and O–H groups in total. The van der Waals surface area contributed by atoms with Crippen LogP contribution in [0.25, 0.3) is 10.7 Å². The van der Waals surface area contributed by atoms with E-state index in [1.165, 1.54) is 0 Å². The van der Waals surface area contributed by atoms with Gasteiger partial charge < -0.3 is 10.2 Å². The Morgan fingerprint density at radius 1 is 1.20 bits per heavy atom. The van der Waals surface area contributed by atoms with Gasteiger partial charge in [0.2, 0.25) is 11.9 Å². The zero-order chi connectivity index (χ0) is 14.5. The summed E-state index contributed by atoms with van der Waals surface area (Å²) in [7, 11) is 0. The van der Waals surface area contributed by atoms with Crippen molar-refractivity contribution < 1.29 is 0 Å². The Labute approximate surface area is 131 Å². The summed E-state index contributed by atoms with van der Waals surface area (Å²) in [6, 6.07) is 2.01. The van der Waals surface area contributed by atoms with E-state index >= 15 is 0 Å². The molecule has 0 atom stereocenters. The van der Waals surface area contributed by atoms with Crippen molar-refractivity contribution in [1.29, 1.82) is 0 Å². The highest BCUT2D eigenvalue weighted by atomic mass is 79.9. The average Bonchev–Trinajstić information content (AvgIpc) is 2.87. The van der Waals surface area contributed by atoms with E-state index in [9.17, 15) is 0 Å². The van der Waals surface area contributed by atoms with E-state index in [4.69, 9.17) is 0 Å². The molecular formula is C13H18BrN5S. The second-order valence-corrected chi connectivity index (χ2v) is 5.85. The van der Waals surface area contributed by atoms with E-state index < -0.39 is 0 Å². The van der Waals surface area contributed by atoms with E-state index in [0.29, 0.717) is 11.8 Å². The number of thiophene rings is 1. The average molecular weight is 356 g/mol. The number of nitrogens with zero attached hydrogens (tertiary/aromatic N) is 4. The van der Waals surface area contributed by atoms with Crippen LogP contribution >= 0.6 is 27.3 Å². The summed E-state index contributed by atoms with van der Waals surface area (Å²) in [5, 5.41) is 5.19. The molecule has 0 unspecified atom stereocenters. The van der Waals surface area contributed by atoms with Crippen molar-refractivity contribution in [1.82, 2.24) is 15.0 Å². The van der Waals surface area contributed by atoms with Crippen LogP contribution in [-0.4, -0.2) is 34.6 Å². The fourth-order valence-corrected chi connectivity index (χ4v) is 3.29. The third-order valence-electron chi connectivity index (χ3n) is 2.83. The molecule has 2 aromatic rings. The molecule has 2 aromatic heterocycles. The van der Waals surface area contributed by atoms with Crippen LogP contribution in [0, 0.1) is 0 Å². The molecule has 0 aliphatic heterocycles. The first kappa shape index (κ1) is 15.2. The van der Waals surface area contributed by atoms with Gasteiger partial charge in [-0.15, -0.1) is 11.3 Å². The fraction of sp³-hybridized carbons (Fsp3) is 0.462. The maximum atomic E-state index is 4.61. The van der Waals surface area contributed by atoms with E-state index in [1.807, 2.05) is 18.4 Å². The van der Waals surface area contributed by atoms with Crippen molar-refractivity contribution in [2.45, 2.75) is 20.8 Å². The Kier molecular flexibility index (Phi) is 5.31. The van der Waals surface area contributed by atoms with Gasteiger partial charge in [-0.05, 0) is 48.1 Å². The first-order valence-electron chi connectivity index (χ1n) is 6.67. The normalized spacial score (nSPS) is 10.6. The summed E-state index contributed by atoms with van der Waals surface area (Å²) in [5.41, 5.74) is 0. The van der Waals surface area contributed by atoms with Crippen molar-refractivity contribution in [2.75, 3.05) is 29.9 Å². The van der Waals surface area contributed by atoms with Gasteiger partial charge in [-0.2, -0.15) is 15.0 Å². The maximum absolute atomic E-state index is 4.61. The first-order chi connectivity index (χ1) is 9.69. The van der Waals surface area contributed by atoms with Gasteiger partial charge in [-0.25, -0.2) is 0 Å². The van der Waals surface area contributed by atoms with Crippen molar-refractivity contribution in [3.63, 3.8) is 0 Å². The van der Waals surface area contributed by atoms with Crippen LogP contribution in [0.15, 0.2) is 15.9 Å². The first-order valence-corrected chi connectivity index (χ1v) is 8.35. The number of aromatic nitrogens is 3. The Morgan fingerprint density at radius 2 is 1.95 bits per heavy atom. The third-order valence-corrected chi connectivity index (χ3v) is 4.66. The molecule has 108 valence electrons. The molecule has 0 saturated heterocycles. The van der Waals surface area contributed by atoms with Gasteiger partial charge in [0, 0.05) is 24.1 Å². The molecule has 20 heavy (non-hydrogen) atoms. The van der Waals surface area contributed by atoms with Crippen LogP contribution in [0.4, 0.5) is 11.9 Å². The summed E-state index contributed by atoms with van der Waals surface area (Å²) < 4.78 is 1.02. The van der Waals surface area contributed by atoms with Crippen molar-refractivity contribution in [2.24, 2.45) is 0 Å². The number of hydrogen-bond acceptors (Lipinski definition) is 6. The van der Waals surface area contributed by atoms with Crippen molar-refractivity contribution >= 4 is 39.2 Å². The Morgan fingerprint density at radius 3 is 2.50 bits per heavy atom. The predicted octanol–water partition coefficient (Wildman–Crippen LogP) is 3.64. The third kappa shape index (κ3) is 3.27. The van der Waals surface area contributed by atoms with Gasteiger partial charge in [0.15, 0.2) is 5.82 Å². The van der Waals surface area contributed by atoms with Gasteiger partial charge >= 0.3 is 0 Å². The maximum Gasteiger partial charge on any atom is 0.230 e. The molecule has 7 heteroatoms. The minimum Gasteiger partial charge on any atom is -0.354 e. The molecular weight excluding hydrogens is 338 g/mol. The predicted molar refractivity (Wildman–Crippen MR) is 88.6 cm³/mol. The van der Waals surface area contributed by atoms with Crippen LogP contribution in [0.5, 0.6) is 0 Å². The number of nitrogens with one attached hydrogen (secondary N) is 1. The van der Waals surface area contributed by atoms with Crippen molar-refractivity contribution in [3.8, 4) is 10.7 Å². The second-order valence-electron chi connectivity index (χ2n) is 4.08. The summed E-state index contributed by atoms with van der Waals surface area (Å²) in [5.74, 6) is 2.05. The van der Waals surface area contributed by atoms with Gasteiger partial charge in [-0.3, -0.25) is 0 Å².